The maximum absolute atomic E-state index is 5.92. The molecule has 22 heavy (non-hydrogen) atoms. The molecule has 1 aromatic rings. The van der Waals surface area contributed by atoms with Crippen LogP contribution in [0.2, 0.25) is 0 Å². The summed E-state index contributed by atoms with van der Waals surface area (Å²) in [7, 11) is 0. The Morgan fingerprint density at radius 2 is 2.00 bits per heavy atom. The largest absolute Gasteiger partial charge is 0.494 e. The molecule has 2 aliphatic rings. The summed E-state index contributed by atoms with van der Waals surface area (Å²) in [6.45, 7) is 13.0. The van der Waals surface area contributed by atoms with E-state index in [4.69, 9.17) is 4.74 Å². The van der Waals surface area contributed by atoms with E-state index in [1.165, 1.54) is 37.2 Å². The van der Waals surface area contributed by atoms with E-state index in [0.717, 1.165) is 38.5 Å². The molecule has 0 bridgehead atoms. The molecule has 1 saturated heterocycles. The van der Waals surface area contributed by atoms with Crippen LogP contribution in [-0.4, -0.2) is 55.7 Å². The SMILES string of the molecule is CCCN1CCN([C@H]2CNCc3cccc(OCC)c32)CC1. The molecule has 1 fully saturated rings. The number of hydrogen-bond acceptors (Lipinski definition) is 4. The van der Waals surface area contributed by atoms with Crippen LogP contribution in [0.4, 0.5) is 0 Å². The second-order valence-corrected chi connectivity index (χ2v) is 6.29. The van der Waals surface area contributed by atoms with E-state index in [9.17, 15) is 0 Å². The van der Waals surface area contributed by atoms with Crippen LogP contribution in [0.1, 0.15) is 37.4 Å². The van der Waals surface area contributed by atoms with Gasteiger partial charge in [0, 0.05) is 44.8 Å². The Labute approximate surface area is 134 Å². The second kappa shape index (κ2) is 7.44. The first-order chi connectivity index (χ1) is 10.8. The van der Waals surface area contributed by atoms with Crippen molar-refractivity contribution in [3.8, 4) is 5.75 Å². The normalized spacial score (nSPS) is 23.3. The third kappa shape index (κ3) is 3.29. The van der Waals surface area contributed by atoms with Crippen molar-refractivity contribution < 1.29 is 4.74 Å². The summed E-state index contributed by atoms with van der Waals surface area (Å²) < 4.78 is 5.92. The predicted molar refractivity (Wildman–Crippen MR) is 90.4 cm³/mol. The first kappa shape index (κ1) is 15.8. The fourth-order valence-corrected chi connectivity index (χ4v) is 3.78. The second-order valence-electron chi connectivity index (χ2n) is 6.29. The monoisotopic (exact) mass is 303 g/mol. The fraction of sp³-hybridized carbons (Fsp3) is 0.667. The van der Waals surface area contributed by atoms with Gasteiger partial charge < -0.3 is 15.0 Å². The van der Waals surface area contributed by atoms with E-state index in [0.29, 0.717) is 6.04 Å². The van der Waals surface area contributed by atoms with E-state index in [-0.39, 0.29) is 0 Å². The Kier molecular flexibility index (Phi) is 5.34. The standard InChI is InChI=1S/C18H29N3O/c1-3-8-20-9-11-21(12-10-20)16-14-19-13-15-6-5-7-17(18(15)16)22-4-2/h5-7,16,19H,3-4,8-14H2,1-2H3/t16-/m0/s1. The number of hydrogen-bond donors (Lipinski definition) is 1. The highest BCUT2D eigenvalue weighted by Crippen LogP contribution is 2.35. The number of benzene rings is 1. The molecule has 0 aliphatic carbocycles. The van der Waals surface area contributed by atoms with Crippen molar-refractivity contribution in [2.75, 3.05) is 45.9 Å². The molecule has 3 rings (SSSR count). The van der Waals surface area contributed by atoms with Crippen molar-refractivity contribution in [2.45, 2.75) is 32.9 Å². The van der Waals surface area contributed by atoms with Gasteiger partial charge in [-0.1, -0.05) is 19.1 Å². The van der Waals surface area contributed by atoms with Crippen LogP contribution in [0.5, 0.6) is 5.75 Å². The summed E-state index contributed by atoms with van der Waals surface area (Å²) in [5.74, 6) is 1.09. The van der Waals surface area contributed by atoms with E-state index < -0.39 is 0 Å². The number of piperazine rings is 1. The van der Waals surface area contributed by atoms with Gasteiger partial charge in [-0.3, -0.25) is 4.90 Å². The van der Waals surface area contributed by atoms with Gasteiger partial charge in [-0.05, 0) is 31.5 Å². The lowest BCUT2D eigenvalue weighted by molar-refractivity contribution is 0.0902. The van der Waals surface area contributed by atoms with Crippen molar-refractivity contribution in [3.63, 3.8) is 0 Å². The lowest BCUT2D eigenvalue weighted by Crippen LogP contribution is -2.50. The average molecular weight is 303 g/mol. The smallest absolute Gasteiger partial charge is 0.124 e. The molecule has 1 aromatic carbocycles. The van der Waals surface area contributed by atoms with Crippen molar-refractivity contribution in [1.82, 2.24) is 15.1 Å². The summed E-state index contributed by atoms with van der Waals surface area (Å²) in [5, 5.41) is 3.58. The van der Waals surface area contributed by atoms with Crippen molar-refractivity contribution in [2.24, 2.45) is 0 Å². The summed E-state index contributed by atoms with van der Waals surface area (Å²) in [6, 6.07) is 6.95. The Morgan fingerprint density at radius 3 is 2.73 bits per heavy atom. The van der Waals surface area contributed by atoms with Crippen molar-refractivity contribution in [1.29, 1.82) is 0 Å². The molecule has 0 unspecified atom stereocenters. The number of nitrogens with one attached hydrogen (secondary N) is 1. The van der Waals surface area contributed by atoms with Gasteiger partial charge in [-0.2, -0.15) is 0 Å². The molecule has 2 heterocycles. The van der Waals surface area contributed by atoms with Crippen LogP contribution in [0.15, 0.2) is 18.2 Å². The van der Waals surface area contributed by atoms with Crippen LogP contribution in [0, 0.1) is 0 Å². The highest BCUT2D eigenvalue weighted by Gasteiger charge is 2.30. The van der Waals surface area contributed by atoms with Gasteiger partial charge in [0.05, 0.1) is 12.6 Å². The Hall–Kier alpha value is -1.10. The summed E-state index contributed by atoms with van der Waals surface area (Å²) in [5.41, 5.74) is 2.82. The minimum Gasteiger partial charge on any atom is -0.494 e. The van der Waals surface area contributed by atoms with Gasteiger partial charge in [0.15, 0.2) is 0 Å². The first-order valence-electron chi connectivity index (χ1n) is 8.75. The molecule has 2 aliphatic heterocycles. The van der Waals surface area contributed by atoms with Gasteiger partial charge >= 0.3 is 0 Å². The molecular weight excluding hydrogens is 274 g/mol. The molecule has 1 atom stereocenters. The summed E-state index contributed by atoms with van der Waals surface area (Å²) >= 11 is 0. The van der Waals surface area contributed by atoms with Crippen molar-refractivity contribution >= 4 is 0 Å². The fourth-order valence-electron chi connectivity index (χ4n) is 3.78. The Morgan fingerprint density at radius 1 is 1.18 bits per heavy atom. The number of ether oxygens (including phenoxy) is 1. The zero-order valence-corrected chi connectivity index (χ0v) is 14.0. The maximum Gasteiger partial charge on any atom is 0.124 e. The third-order valence-corrected chi connectivity index (χ3v) is 4.83. The quantitative estimate of drug-likeness (QED) is 0.903. The molecule has 0 aromatic heterocycles. The molecule has 0 radical (unpaired) electrons. The molecule has 122 valence electrons. The van der Waals surface area contributed by atoms with Gasteiger partial charge in [0.25, 0.3) is 0 Å². The van der Waals surface area contributed by atoms with E-state index in [1.54, 1.807) is 0 Å². The lowest BCUT2D eigenvalue weighted by Gasteiger charge is -2.42. The number of nitrogens with zero attached hydrogens (tertiary/aromatic N) is 2. The number of rotatable bonds is 5. The van der Waals surface area contributed by atoms with Crippen LogP contribution < -0.4 is 10.1 Å². The summed E-state index contributed by atoms with van der Waals surface area (Å²) in [4.78, 5) is 5.22. The van der Waals surface area contributed by atoms with Crippen LogP contribution in [0.25, 0.3) is 0 Å². The molecule has 0 spiro atoms. The minimum atomic E-state index is 0.454. The minimum absolute atomic E-state index is 0.454. The predicted octanol–water partition coefficient (Wildman–Crippen LogP) is 2.26. The third-order valence-electron chi connectivity index (χ3n) is 4.83. The van der Waals surface area contributed by atoms with E-state index >= 15 is 0 Å². The zero-order chi connectivity index (χ0) is 15.4. The number of fused-ring (bicyclic) bond motifs is 1. The highest BCUT2D eigenvalue weighted by molar-refractivity contribution is 5.44. The Bertz CT molecular complexity index is 483. The highest BCUT2D eigenvalue weighted by atomic mass is 16.5. The lowest BCUT2D eigenvalue weighted by atomic mass is 9.94. The zero-order valence-electron chi connectivity index (χ0n) is 14.0. The van der Waals surface area contributed by atoms with E-state index in [1.807, 2.05) is 0 Å². The van der Waals surface area contributed by atoms with Crippen LogP contribution in [0.3, 0.4) is 0 Å². The molecule has 0 amide bonds. The maximum atomic E-state index is 5.92. The van der Waals surface area contributed by atoms with Crippen LogP contribution in [-0.2, 0) is 6.54 Å². The van der Waals surface area contributed by atoms with Gasteiger partial charge in [-0.25, -0.2) is 0 Å². The van der Waals surface area contributed by atoms with Gasteiger partial charge in [0.1, 0.15) is 5.75 Å². The molecular formula is C18H29N3O. The van der Waals surface area contributed by atoms with Crippen LogP contribution >= 0.6 is 0 Å². The summed E-state index contributed by atoms with van der Waals surface area (Å²) in [6.07, 6.45) is 1.25. The van der Waals surface area contributed by atoms with Gasteiger partial charge in [-0.15, -0.1) is 0 Å². The Balaban J connectivity index is 1.77. The first-order valence-corrected chi connectivity index (χ1v) is 8.75. The van der Waals surface area contributed by atoms with E-state index in [2.05, 4.69) is 47.2 Å². The topological polar surface area (TPSA) is 27.7 Å². The van der Waals surface area contributed by atoms with Crippen molar-refractivity contribution in [3.05, 3.63) is 29.3 Å². The molecule has 4 nitrogen and oxygen atoms in total. The molecule has 1 N–H and O–H groups in total. The van der Waals surface area contributed by atoms with Gasteiger partial charge in [0.2, 0.25) is 0 Å². The average Bonchev–Trinajstić information content (AvgIpc) is 2.56. The molecule has 0 saturated carbocycles. The molecule has 4 heteroatoms.